The van der Waals surface area contributed by atoms with Crippen LogP contribution < -0.4 is 10.1 Å². The molecule has 0 aliphatic rings. The molecule has 0 saturated heterocycles. The number of aromatic nitrogens is 1. The van der Waals surface area contributed by atoms with E-state index in [0.717, 1.165) is 18.5 Å². The monoisotopic (exact) mass is 208 g/mol. The van der Waals surface area contributed by atoms with Crippen LogP contribution in [0, 0.1) is 0 Å². The lowest BCUT2D eigenvalue weighted by Gasteiger charge is -2.06. The van der Waals surface area contributed by atoms with E-state index in [-0.39, 0.29) is 5.91 Å². The second-order valence-electron chi connectivity index (χ2n) is 3.21. The number of amides is 1. The molecular formula is C11H16N2O2. The first-order chi connectivity index (χ1) is 7.21. The molecule has 0 aromatic carbocycles. The highest BCUT2D eigenvalue weighted by molar-refractivity contribution is 5.92. The van der Waals surface area contributed by atoms with Crippen LogP contribution in [0.2, 0.25) is 0 Å². The Balaban J connectivity index is 3.05. The molecular weight excluding hydrogens is 192 g/mol. The standard InChI is InChI=1S/C11H16N2O2/c1-4-5-8-6-9(15-3)7-10(13-8)11(14)12-2/h6-7H,4-5H2,1-3H3,(H,12,14). The lowest BCUT2D eigenvalue weighted by Crippen LogP contribution is -2.19. The number of methoxy groups -OCH3 is 1. The summed E-state index contributed by atoms with van der Waals surface area (Å²) in [5.41, 5.74) is 1.29. The number of nitrogens with one attached hydrogen (secondary N) is 1. The highest BCUT2D eigenvalue weighted by atomic mass is 16.5. The molecule has 1 heterocycles. The summed E-state index contributed by atoms with van der Waals surface area (Å²) in [6.45, 7) is 2.07. The maximum Gasteiger partial charge on any atom is 0.269 e. The predicted octanol–water partition coefficient (Wildman–Crippen LogP) is 1.40. The van der Waals surface area contributed by atoms with Gasteiger partial charge in [0.05, 0.1) is 7.11 Å². The minimum atomic E-state index is -0.189. The molecule has 1 amide bonds. The zero-order valence-corrected chi connectivity index (χ0v) is 9.33. The average Bonchev–Trinajstić information content (AvgIpc) is 2.28. The van der Waals surface area contributed by atoms with Crippen molar-refractivity contribution in [1.29, 1.82) is 0 Å². The number of rotatable bonds is 4. The number of carbonyl (C=O) groups excluding carboxylic acids is 1. The molecule has 1 rings (SSSR count). The van der Waals surface area contributed by atoms with Crippen LogP contribution in [-0.4, -0.2) is 25.0 Å². The molecule has 1 aromatic rings. The van der Waals surface area contributed by atoms with Crippen molar-refractivity contribution < 1.29 is 9.53 Å². The van der Waals surface area contributed by atoms with Gasteiger partial charge < -0.3 is 10.1 Å². The molecule has 4 nitrogen and oxygen atoms in total. The summed E-state index contributed by atoms with van der Waals surface area (Å²) in [5, 5.41) is 2.54. The molecule has 0 radical (unpaired) electrons. The van der Waals surface area contributed by atoms with Crippen LogP contribution in [-0.2, 0) is 6.42 Å². The number of nitrogens with zero attached hydrogens (tertiary/aromatic N) is 1. The molecule has 0 aliphatic heterocycles. The van der Waals surface area contributed by atoms with Gasteiger partial charge in [0.25, 0.3) is 5.91 Å². The number of pyridine rings is 1. The van der Waals surface area contributed by atoms with Crippen molar-refractivity contribution in [1.82, 2.24) is 10.3 Å². The SMILES string of the molecule is CCCc1cc(OC)cc(C(=O)NC)n1. The summed E-state index contributed by atoms with van der Waals surface area (Å²) in [5.74, 6) is 0.485. The van der Waals surface area contributed by atoms with Crippen LogP contribution in [0.4, 0.5) is 0 Å². The first kappa shape index (κ1) is 11.5. The lowest BCUT2D eigenvalue weighted by atomic mass is 10.2. The summed E-state index contributed by atoms with van der Waals surface area (Å²) in [6.07, 6.45) is 1.84. The first-order valence-corrected chi connectivity index (χ1v) is 4.98. The number of carbonyl (C=O) groups is 1. The van der Waals surface area contributed by atoms with E-state index in [1.165, 1.54) is 0 Å². The van der Waals surface area contributed by atoms with Crippen LogP contribution >= 0.6 is 0 Å². The molecule has 15 heavy (non-hydrogen) atoms. The van der Waals surface area contributed by atoms with Gasteiger partial charge in [-0.1, -0.05) is 13.3 Å². The topological polar surface area (TPSA) is 51.2 Å². The van der Waals surface area contributed by atoms with Gasteiger partial charge in [-0.05, 0) is 6.42 Å². The molecule has 0 aliphatic carbocycles. The summed E-state index contributed by atoms with van der Waals surface area (Å²) in [4.78, 5) is 15.7. The van der Waals surface area contributed by atoms with Crippen molar-refractivity contribution in [3.63, 3.8) is 0 Å². The molecule has 82 valence electrons. The molecule has 0 spiro atoms. The van der Waals surface area contributed by atoms with E-state index in [0.29, 0.717) is 11.4 Å². The zero-order chi connectivity index (χ0) is 11.3. The number of aryl methyl sites for hydroxylation is 1. The first-order valence-electron chi connectivity index (χ1n) is 4.98. The van der Waals surface area contributed by atoms with Gasteiger partial charge in [-0.15, -0.1) is 0 Å². The minimum Gasteiger partial charge on any atom is -0.497 e. The van der Waals surface area contributed by atoms with Crippen molar-refractivity contribution in [3.05, 3.63) is 23.5 Å². The van der Waals surface area contributed by atoms with Crippen molar-refractivity contribution >= 4 is 5.91 Å². The van der Waals surface area contributed by atoms with Crippen molar-refractivity contribution in [2.75, 3.05) is 14.2 Å². The molecule has 0 fully saturated rings. The smallest absolute Gasteiger partial charge is 0.269 e. The van der Waals surface area contributed by atoms with E-state index in [9.17, 15) is 4.79 Å². The van der Waals surface area contributed by atoms with Crippen molar-refractivity contribution in [2.45, 2.75) is 19.8 Å². The largest absolute Gasteiger partial charge is 0.497 e. The summed E-state index contributed by atoms with van der Waals surface area (Å²) >= 11 is 0. The van der Waals surface area contributed by atoms with Gasteiger partial charge in [-0.2, -0.15) is 0 Å². The quantitative estimate of drug-likeness (QED) is 0.813. The Labute approximate surface area is 89.7 Å². The van der Waals surface area contributed by atoms with Gasteiger partial charge in [-0.25, -0.2) is 4.98 Å². The van der Waals surface area contributed by atoms with Gasteiger partial charge in [0, 0.05) is 24.9 Å². The van der Waals surface area contributed by atoms with Crippen molar-refractivity contribution in [3.8, 4) is 5.75 Å². The Morgan fingerprint density at radius 1 is 1.53 bits per heavy atom. The summed E-state index contributed by atoms with van der Waals surface area (Å²) in [6, 6.07) is 3.49. The molecule has 1 N–H and O–H groups in total. The van der Waals surface area contributed by atoms with Crippen LogP contribution in [0.5, 0.6) is 5.75 Å². The molecule has 1 aromatic heterocycles. The fourth-order valence-corrected chi connectivity index (χ4v) is 1.31. The molecule has 0 saturated carbocycles. The maximum absolute atomic E-state index is 11.4. The zero-order valence-electron chi connectivity index (χ0n) is 9.33. The Bertz CT molecular complexity index is 350. The third-order valence-corrected chi connectivity index (χ3v) is 2.05. The van der Waals surface area contributed by atoms with Gasteiger partial charge >= 0.3 is 0 Å². The third-order valence-electron chi connectivity index (χ3n) is 2.05. The van der Waals surface area contributed by atoms with Crippen LogP contribution in [0.25, 0.3) is 0 Å². The fourth-order valence-electron chi connectivity index (χ4n) is 1.31. The number of hydrogen-bond acceptors (Lipinski definition) is 3. The van der Waals surface area contributed by atoms with E-state index < -0.39 is 0 Å². The predicted molar refractivity (Wildman–Crippen MR) is 58.2 cm³/mol. The van der Waals surface area contributed by atoms with E-state index in [2.05, 4.69) is 17.2 Å². The van der Waals surface area contributed by atoms with E-state index >= 15 is 0 Å². The second-order valence-corrected chi connectivity index (χ2v) is 3.21. The third kappa shape index (κ3) is 2.94. The maximum atomic E-state index is 11.4. The van der Waals surface area contributed by atoms with Crippen LogP contribution in [0.1, 0.15) is 29.5 Å². The molecule has 0 bridgehead atoms. The Morgan fingerprint density at radius 2 is 2.27 bits per heavy atom. The summed E-state index contributed by atoms with van der Waals surface area (Å²) in [7, 11) is 3.17. The van der Waals surface area contributed by atoms with E-state index in [1.807, 2.05) is 6.07 Å². The minimum absolute atomic E-state index is 0.189. The van der Waals surface area contributed by atoms with Crippen molar-refractivity contribution in [2.24, 2.45) is 0 Å². The second kappa shape index (κ2) is 5.34. The highest BCUT2D eigenvalue weighted by Gasteiger charge is 2.08. The normalized spacial score (nSPS) is 9.80. The molecule has 4 heteroatoms. The highest BCUT2D eigenvalue weighted by Crippen LogP contribution is 2.14. The fraction of sp³-hybridized carbons (Fsp3) is 0.455. The van der Waals surface area contributed by atoms with Gasteiger partial charge in [0.2, 0.25) is 0 Å². The average molecular weight is 208 g/mol. The van der Waals surface area contributed by atoms with E-state index in [1.54, 1.807) is 20.2 Å². The summed E-state index contributed by atoms with van der Waals surface area (Å²) < 4.78 is 5.12. The van der Waals surface area contributed by atoms with Gasteiger partial charge in [0.1, 0.15) is 11.4 Å². The Hall–Kier alpha value is -1.58. The van der Waals surface area contributed by atoms with E-state index in [4.69, 9.17) is 4.74 Å². The Morgan fingerprint density at radius 3 is 2.80 bits per heavy atom. The number of ether oxygens (including phenoxy) is 1. The van der Waals surface area contributed by atoms with Gasteiger partial charge in [0.15, 0.2) is 0 Å². The van der Waals surface area contributed by atoms with Crippen LogP contribution in [0.15, 0.2) is 12.1 Å². The van der Waals surface area contributed by atoms with Crippen LogP contribution in [0.3, 0.4) is 0 Å². The van der Waals surface area contributed by atoms with Gasteiger partial charge in [-0.3, -0.25) is 4.79 Å². The Kier molecular flexibility index (Phi) is 4.09. The lowest BCUT2D eigenvalue weighted by molar-refractivity contribution is 0.0957. The molecule has 0 atom stereocenters. The molecule has 0 unspecified atom stereocenters. The number of hydrogen-bond donors (Lipinski definition) is 1.